The number of hydrogen-bond donors (Lipinski definition) is 1. The second-order valence-corrected chi connectivity index (χ2v) is 1.99. The van der Waals surface area contributed by atoms with Crippen molar-refractivity contribution in [2.45, 2.75) is 0 Å². The molecule has 0 aliphatic carbocycles. The van der Waals surface area contributed by atoms with Gasteiger partial charge in [0.2, 0.25) is 0 Å². The third kappa shape index (κ3) is 1.11. The zero-order valence-electron chi connectivity index (χ0n) is 5.89. The largest absolute Gasteiger partial charge is 1.00 e. The first-order chi connectivity index (χ1) is 4.47. The third-order valence-electron chi connectivity index (χ3n) is 1.40. The molecule has 0 radical (unpaired) electrons. The molecule has 0 aliphatic heterocycles. The Morgan fingerprint density at radius 3 is 3.00 bits per heavy atom. The van der Waals surface area contributed by atoms with Crippen molar-refractivity contribution in [3.05, 3.63) is 36.5 Å². The van der Waals surface area contributed by atoms with Crippen LogP contribution in [0.4, 0.5) is 0 Å². The molecule has 0 saturated carbocycles. The molecule has 2 rings (SSSR count). The summed E-state index contributed by atoms with van der Waals surface area (Å²) in [5, 5.41) is 1.22. The third-order valence-corrected chi connectivity index (χ3v) is 1.40. The molecule has 0 aliphatic rings. The molecule has 2 aromatic rings. The van der Waals surface area contributed by atoms with Crippen molar-refractivity contribution in [1.29, 1.82) is 0 Å². The average molecular weight is 123 g/mol. The molecule has 1 heterocycles. The van der Waals surface area contributed by atoms with Gasteiger partial charge in [-0.1, -0.05) is 11.6 Å². The molecule has 0 unspecified atom stereocenters. The van der Waals surface area contributed by atoms with Crippen LogP contribution in [0.3, 0.4) is 0 Å². The molecule has 0 saturated heterocycles. The maximum absolute atomic E-state index is 3.10. The van der Waals surface area contributed by atoms with Gasteiger partial charge in [0.15, 0.2) is 0 Å². The predicted molar refractivity (Wildman–Crippen MR) is 37.1 cm³/mol. The Balaban J connectivity index is 0.000000500. The summed E-state index contributed by atoms with van der Waals surface area (Å²) in [6.07, 6.45) is 1.93. The number of nitrogens with one attached hydrogen (secondary N) is 1. The minimum atomic E-state index is 0. The summed E-state index contributed by atoms with van der Waals surface area (Å²) in [6.45, 7) is 0. The van der Waals surface area contributed by atoms with E-state index >= 15 is 0 Å². The van der Waals surface area contributed by atoms with Gasteiger partial charge in [0.25, 0.3) is 0 Å². The quantitative estimate of drug-likeness (QED) is 0.340. The van der Waals surface area contributed by atoms with Crippen LogP contribution in [-0.4, -0.2) is 4.98 Å². The molecule has 0 amide bonds. The Kier molecular flexibility index (Phi) is 2.21. The fourth-order valence-corrected chi connectivity index (χ4v) is 0.934. The monoisotopic (exact) mass is 123 g/mol. The van der Waals surface area contributed by atoms with Crippen molar-refractivity contribution >= 4 is 10.9 Å². The van der Waals surface area contributed by atoms with Crippen molar-refractivity contribution in [2.75, 3.05) is 0 Å². The SMILES string of the molecule is [Li+].[c-]1ccc2[nH]ccc2c1. The number of aromatic amines is 1. The normalized spacial score (nSPS) is 9.20. The van der Waals surface area contributed by atoms with Crippen LogP contribution >= 0.6 is 0 Å². The minimum Gasteiger partial charge on any atom is -0.384 e. The molecule has 0 fully saturated rings. The Labute approximate surface area is 71.6 Å². The van der Waals surface area contributed by atoms with Crippen LogP contribution in [0.25, 0.3) is 10.9 Å². The van der Waals surface area contributed by atoms with Gasteiger partial charge in [-0.05, 0) is 6.20 Å². The predicted octanol–water partition coefficient (Wildman–Crippen LogP) is -1.03. The molecular formula is C8H6LiN. The van der Waals surface area contributed by atoms with E-state index in [-0.39, 0.29) is 18.9 Å². The molecule has 0 bridgehead atoms. The van der Waals surface area contributed by atoms with Crippen LogP contribution in [0.5, 0.6) is 0 Å². The molecule has 2 heteroatoms. The molecule has 0 atom stereocenters. The first kappa shape index (κ1) is 7.46. The van der Waals surface area contributed by atoms with Crippen molar-refractivity contribution in [3.8, 4) is 0 Å². The van der Waals surface area contributed by atoms with E-state index in [0.29, 0.717) is 0 Å². The van der Waals surface area contributed by atoms with Crippen molar-refractivity contribution < 1.29 is 18.9 Å². The molecule has 44 valence electrons. The number of rotatable bonds is 0. The zero-order chi connectivity index (χ0) is 6.10. The molecule has 1 aromatic heterocycles. The fraction of sp³-hybridized carbons (Fsp3) is 0. The smallest absolute Gasteiger partial charge is 0.384 e. The Morgan fingerprint density at radius 1 is 1.30 bits per heavy atom. The molecule has 1 aromatic carbocycles. The van der Waals surface area contributed by atoms with Gasteiger partial charge in [0, 0.05) is 0 Å². The number of benzene rings is 1. The van der Waals surface area contributed by atoms with E-state index in [9.17, 15) is 0 Å². The van der Waals surface area contributed by atoms with E-state index in [1.165, 1.54) is 10.9 Å². The van der Waals surface area contributed by atoms with E-state index in [1.807, 2.05) is 30.5 Å². The Hall–Kier alpha value is -0.643. The van der Waals surface area contributed by atoms with Gasteiger partial charge in [0.1, 0.15) is 0 Å². The Bertz CT molecular complexity index is 283. The van der Waals surface area contributed by atoms with E-state index in [4.69, 9.17) is 0 Å². The first-order valence-corrected chi connectivity index (χ1v) is 2.90. The van der Waals surface area contributed by atoms with Gasteiger partial charge in [-0.2, -0.15) is 18.2 Å². The van der Waals surface area contributed by atoms with Gasteiger partial charge in [-0.3, -0.25) is 0 Å². The summed E-state index contributed by atoms with van der Waals surface area (Å²) in [4.78, 5) is 3.10. The summed E-state index contributed by atoms with van der Waals surface area (Å²) < 4.78 is 0. The number of fused-ring (bicyclic) bond motifs is 1. The van der Waals surface area contributed by atoms with E-state index < -0.39 is 0 Å². The van der Waals surface area contributed by atoms with Crippen LogP contribution in [0.2, 0.25) is 0 Å². The summed E-state index contributed by atoms with van der Waals surface area (Å²) >= 11 is 0. The van der Waals surface area contributed by atoms with Gasteiger partial charge in [-0.15, -0.1) is 11.5 Å². The van der Waals surface area contributed by atoms with Crippen LogP contribution in [0.15, 0.2) is 30.5 Å². The average Bonchev–Trinajstić information content (AvgIpc) is 2.33. The number of aromatic nitrogens is 1. The molecular weight excluding hydrogens is 117 g/mol. The number of H-pyrrole nitrogens is 1. The van der Waals surface area contributed by atoms with Crippen molar-refractivity contribution in [1.82, 2.24) is 4.98 Å². The fourth-order valence-electron chi connectivity index (χ4n) is 0.934. The maximum Gasteiger partial charge on any atom is 1.00 e. The standard InChI is InChI=1S/C8H6N.Li/c1-2-4-8-7(3-1)5-6-9-8;/h2-6,9H;/q-1;+1. The molecule has 1 N–H and O–H groups in total. The second-order valence-electron chi connectivity index (χ2n) is 1.99. The summed E-state index contributed by atoms with van der Waals surface area (Å²) in [7, 11) is 0. The van der Waals surface area contributed by atoms with Gasteiger partial charge in [-0.25, -0.2) is 0 Å². The van der Waals surface area contributed by atoms with E-state index in [1.54, 1.807) is 0 Å². The first-order valence-electron chi connectivity index (χ1n) is 2.90. The van der Waals surface area contributed by atoms with Crippen LogP contribution in [-0.2, 0) is 0 Å². The van der Waals surface area contributed by atoms with Crippen molar-refractivity contribution in [2.24, 2.45) is 0 Å². The second kappa shape index (κ2) is 2.96. The summed E-state index contributed by atoms with van der Waals surface area (Å²) in [6, 6.07) is 10.9. The summed E-state index contributed by atoms with van der Waals surface area (Å²) in [5.74, 6) is 0. The summed E-state index contributed by atoms with van der Waals surface area (Å²) in [5.41, 5.74) is 1.17. The van der Waals surface area contributed by atoms with Crippen LogP contribution < -0.4 is 18.9 Å². The van der Waals surface area contributed by atoms with E-state index in [2.05, 4.69) is 11.1 Å². The van der Waals surface area contributed by atoms with Crippen LogP contribution in [0, 0.1) is 6.07 Å². The molecule has 0 spiro atoms. The topological polar surface area (TPSA) is 15.8 Å². The van der Waals surface area contributed by atoms with Crippen molar-refractivity contribution in [3.63, 3.8) is 0 Å². The number of hydrogen-bond acceptors (Lipinski definition) is 0. The van der Waals surface area contributed by atoms with Crippen LogP contribution in [0.1, 0.15) is 0 Å². The minimum absolute atomic E-state index is 0. The van der Waals surface area contributed by atoms with Gasteiger partial charge >= 0.3 is 18.9 Å². The maximum atomic E-state index is 3.10. The molecule has 10 heavy (non-hydrogen) atoms. The van der Waals surface area contributed by atoms with Gasteiger partial charge in [0.05, 0.1) is 0 Å². The van der Waals surface area contributed by atoms with E-state index in [0.717, 1.165) is 0 Å². The molecule has 1 nitrogen and oxygen atoms in total. The Morgan fingerprint density at radius 2 is 2.20 bits per heavy atom. The zero-order valence-corrected chi connectivity index (χ0v) is 5.89. The van der Waals surface area contributed by atoms with Gasteiger partial charge < -0.3 is 4.98 Å².